The van der Waals surface area contributed by atoms with Crippen LogP contribution in [0.3, 0.4) is 0 Å². The van der Waals surface area contributed by atoms with Gasteiger partial charge >= 0.3 is 0 Å². The molecule has 9 heteroatoms. The Labute approximate surface area is 152 Å². The lowest BCUT2D eigenvalue weighted by atomic mass is 10.1. The standard InChI is InChI=1S/C16H16ClF2N5S/c1-7(20)3-12-8(2)13-14(25-12)15(24-16(17)23-13)22-4-9-10(18)5-21-6-11(9)19/h5-7H,3-4,20H2,1-2H3,(H,22,23,24)/t7-/m1/s1. The molecule has 0 amide bonds. The summed E-state index contributed by atoms with van der Waals surface area (Å²) in [4.78, 5) is 13.0. The maximum atomic E-state index is 13.7. The number of halogens is 3. The van der Waals surface area contributed by atoms with E-state index in [-0.39, 0.29) is 23.4 Å². The molecule has 1 atom stereocenters. The molecule has 0 saturated heterocycles. The van der Waals surface area contributed by atoms with Gasteiger partial charge in [0.05, 0.1) is 22.6 Å². The highest BCUT2D eigenvalue weighted by atomic mass is 35.5. The highest BCUT2D eigenvalue weighted by Crippen LogP contribution is 2.35. The van der Waals surface area contributed by atoms with Crippen LogP contribution in [0.4, 0.5) is 14.6 Å². The zero-order chi connectivity index (χ0) is 18.1. The molecule has 3 rings (SSSR count). The number of aromatic nitrogens is 3. The molecule has 3 N–H and O–H groups in total. The molecule has 0 aliphatic carbocycles. The number of aryl methyl sites for hydroxylation is 1. The van der Waals surface area contributed by atoms with Gasteiger partial charge in [0, 0.05) is 23.0 Å². The van der Waals surface area contributed by atoms with Crippen molar-refractivity contribution >= 4 is 39.0 Å². The second-order valence-corrected chi connectivity index (χ2v) is 7.23. The van der Waals surface area contributed by atoms with Crippen LogP contribution in [0.15, 0.2) is 12.4 Å². The van der Waals surface area contributed by atoms with E-state index in [1.165, 1.54) is 11.3 Å². The maximum Gasteiger partial charge on any atom is 0.224 e. The summed E-state index contributed by atoms with van der Waals surface area (Å²) in [5, 5.41) is 3.02. The van der Waals surface area contributed by atoms with Crippen LogP contribution in [-0.2, 0) is 13.0 Å². The van der Waals surface area contributed by atoms with Crippen LogP contribution in [0.5, 0.6) is 0 Å². The van der Waals surface area contributed by atoms with Crippen molar-refractivity contribution in [3.63, 3.8) is 0 Å². The summed E-state index contributed by atoms with van der Waals surface area (Å²) in [6.07, 6.45) is 2.65. The first kappa shape index (κ1) is 17.9. The average molecular weight is 384 g/mol. The van der Waals surface area contributed by atoms with Crippen molar-refractivity contribution in [3.05, 3.63) is 45.3 Å². The summed E-state index contributed by atoms with van der Waals surface area (Å²) in [7, 11) is 0. The van der Waals surface area contributed by atoms with Crippen molar-refractivity contribution in [2.75, 3.05) is 5.32 Å². The van der Waals surface area contributed by atoms with E-state index in [2.05, 4.69) is 20.3 Å². The fourth-order valence-electron chi connectivity index (χ4n) is 2.49. The van der Waals surface area contributed by atoms with Crippen LogP contribution in [0.2, 0.25) is 5.28 Å². The predicted molar refractivity (Wildman–Crippen MR) is 96.0 cm³/mol. The van der Waals surface area contributed by atoms with Gasteiger partial charge in [0.1, 0.15) is 17.5 Å². The molecule has 132 valence electrons. The van der Waals surface area contributed by atoms with E-state index in [4.69, 9.17) is 17.3 Å². The zero-order valence-electron chi connectivity index (χ0n) is 13.6. The third kappa shape index (κ3) is 3.70. The fraction of sp³-hybridized carbons (Fsp3) is 0.312. The minimum Gasteiger partial charge on any atom is -0.364 e. The third-order valence-electron chi connectivity index (χ3n) is 3.73. The number of rotatable bonds is 5. The average Bonchev–Trinajstić information content (AvgIpc) is 2.83. The van der Waals surface area contributed by atoms with Gasteiger partial charge in [-0.3, -0.25) is 4.98 Å². The topological polar surface area (TPSA) is 76.7 Å². The molecule has 0 aromatic carbocycles. The number of thiophene rings is 1. The van der Waals surface area contributed by atoms with Gasteiger partial charge in [-0.25, -0.2) is 13.8 Å². The second kappa shape index (κ2) is 7.15. The normalized spacial score (nSPS) is 12.6. The van der Waals surface area contributed by atoms with Gasteiger partial charge in [-0.2, -0.15) is 4.98 Å². The quantitative estimate of drug-likeness (QED) is 0.655. The van der Waals surface area contributed by atoms with Crippen LogP contribution >= 0.6 is 22.9 Å². The van der Waals surface area contributed by atoms with Gasteiger partial charge in [0.2, 0.25) is 5.28 Å². The number of pyridine rings is 1. The summed E-state index contributed by atoms with van der Waals surface area (Å²) in [6, 6.07) is 0.00612. The van der Waals surface area contributed by atoms with Crippen molar-refractivity contribution < 1.29 is 8.78 Å². The molecule has 5 nitrogen and oxygen atoms in total. The van der Waals surface area contributed by atoms with Crippen molar-refractivity contribution in [2.45, 2.75) is 32.9 Å². The van der Waals surface area contributed by atoms with Crippen molar-refractivity contribution in [1.29, 1.82) is 0 Å². The Bertz CT molecular complexity index is 908. The summed E-state index contributed by atoms with van der Waals surface area (Å²) < 4.78 is 28.3. The van der Waals surface area contributed by atoms with Crippen molar-refractivity contribution in [2.24, 2.45) is 5.73 Å². The Hall–Kier alpha value is -1.90. The van der Waals surface area contributed by atoms with E-state index in [0.717, 1.165) is 33.1 Å². The first-order valence-corrected chi connectivity index (χ1v) is 8.79. The van der Waals surface area contributed by atoms with Gasteiger partial charge < -0.3 is 11.1 Å². The lowest BCUT2D eigenvalue weighted by Crippen LogP contribution is -2.17. The number of nitrogens with two attached hydrogens (primary N) is 1. The minimum atomic E-state index is -0.719. The summed E-state index contributed by atoms with van der Waals surface area (Å²) >= 11 is 7.52. The number of nitrogens with one attached hydrogen (secondary N) is 1. The molecule has 0 bridgehead atoms. The fourth-order valence-corrected chi connectivity index (χ4v) is 4.01. The molecule has 3 aromatic heterocycles. The number of hydrogen-bond acceptors (Lipinski definition) is 6. The number of fused-ring (bicyclic) bond motifs is 1. The molecule has 0 aliphatic rings. The Balaban J connectivity index is 1.98. The van der Waals surface area contributed by atoms with Crippen molar-refractivity contribution in [1.82, 2.24) is 15.0 Å². The smallest absolute Gasteiger partial charge is 0.224 e. The molecular formula is C16H16ClF2N5S. The number of anilines is 1. The lowest BCUT2D eigenvalue weighted by Gasteiger charge is -2.08. The highest BCUT2D eigenvalue weighted by molar-refractivity contribution is 7.19. The Morgan fingerprint density at radius 3 is 2.60 bits per heavy atom. The van der Waals surface area contributed by atoms with Crippen LogP contribution in [0.1, 0.15) is 22.9 Å². The van der Waals surface area contributed by atoms with Gasteiger partial charge in [-0.1, -0.05) is 0 Å². The molecular weight excluding hydrogens is 368 g/mol. The van der Waals surface area contributed by atoms with E-state index >= 15 is 0 Å². The number of hydrogen-bond donors (Lipinski definition) is 2. The molecule has 3 heterocycles. The molecule has 3 aromatic rings. The van der Waals surface area contributed by atoms with Crippen LogP contribution in [-0.4, -0.2) is 21.0 Å². The Kier molecular flexibility index (Phi) is 5.12. The van der Waals surface area contributed by atoms with E-state index in [1.807, 2.05) is 13.8 Å². The molecule has 0 aliphatic heterocycles. The van der Waals surface area contributed by atoms with E-state index < -0.39 is 11.6 Å². The van der Waals surface area contributed by atoms with E-state index in [0.29, 0.717) is 12.2 Å². The minimum absolute atomic E-state index is 0.00612. The highest BCUT2D eigenvalue weighted by Gasteiger charge is 2.17. The number of nitrogens with zero attached hydrogens (tertiary/aromatic N) is 3. The second-order valence-electron chi connectivity index (χ2n) is 5.79. The van der Waals surface area contributed by atoms with Gasteiger partial charge in [0.15, 0.2) is 0 Å². The van der Waals surface area contributed by atoms with Crippen LogP contribution < -0.4 is 11.1 Å². The molecule has 25 heavy (non-hydrogen) atoms. The summed E-state index contributed by atoms with van der Waals surface area (Å²) in [6.45, 7) is 3.80. The lowest BCUT2D eigenvalue weighted by molar-refractivity contribution is 0.550. The zero-order valence-corrected chi connectivity index (χ0v) is 15.2. The maximum absolute atomic E-state index is 13.7. The molecule has 0 fully saturated rings. The Morgan fingerprint density at radius 2 is 1.96 bits per heavy atom. The summed E-state index contributed by atoms with van der Waals surface area (Å²) in [5.74, 6) is -0.998. The Morgan fingerprint density at radius 1 is 1.28 bits per heavy atom. The summed E-state index contributed by atoms with van der Waals surface area (Å²) in [5.41, 5.74) is 7.49. The van der Waals surface area contributed by atoms with Crippen LogP contribution in [0.25, 0.3) is 10.2 Å². The monoisotopic (exact) mass is 383 g/mol. The predicted octanol–water partition coefficient (Wildman–Crippen LogP) is 3.83. The molecule has 0 spiro atoms. The van der Waals surface area contributed by atoms with E-state index in [9.17, 15) is 8.78 Å². The van der Waals surface area contributed by atoms with Gasteiger partial charge in [-0.15, -0.1) is 11.3 Å². The SMILES string of the molecule is Cc1c(C[C@@H](C)N)sc2c(NCc3c(F)cncc3F)nc(Cl)nc12. The third-order valence-corrected chi connectivity index (χ3v) is 5.21. The first-order chi connectivity index (χ1) is 11.9. The van der Waals surface area contributed by atoms with Gasteiger partial charge in [0.25, 0.3) is 0 Å². The molecule has 0 radical (unpaired) electrons. The van der Waals surface area contributed by atoms with E-state index in [1.54, 1.807) is 0 Å². The molecule has 0 unspecified atom stereocenters. The van der Waals surface area contributed by atoms with Crippen LogP contribution in [0, 0.1) is 18.6 Å². The first-order valence-electron chi connectivity index (χ1n) is 7.59. The van der Waals surface area contributed by atoms with Gasteiger partial charge in [-0.05, 0) is 37.4 Å². The largest absolute Gasteiger partial charge is 0.364 e. The molecule has 0 saturated carbocycles. The van der Waals surface area contributed by atoms with Crippen molar-refractivity contribution in [3.8, 4) is 0 Å².